The Balaban J connectivity index is 2.29. The molecule has 0 spiro atoms. The van der Waals surface area contributed by atoms with Gasteiger partial charge < -0.3 is 9.84 Å². The predicted octanol–water partition coefficient (Wildman–Crippen LogP) is 4.15. The quantitative estimate of drug-likeness (QED) is 0.844. The van der Waals surface area contributed by atoms with E-state index in [2.05, 4.69) is 0 Å². The first-order valence-electron chi connectivity index (χ1n) is 6.58. The minimum atomic E-state index is -0.683. The van der Waals surface area contributed by atoms with E-state index in [0.29, 0.717) is 5.56 Å². The number of phenolic OH excluding ortho intramolecular Hbond substituents is 1. The van der Waals surface area contributed by atoms with E-state index < -0.39 is 17.4 Å². The summed E-state index contributed by atoms with van der Waals surface area (Å²) in [6.07, 6.45) is 0. The van der Waals surface area contributed by atoms with Crippen LogP contribution in [0.4, 0.5) is 4.39 Å². The fraction of sp³-hybridized carbons (Fsp3) is 0.235. The summed E-state index contributed by atoms with van der Waals surface area (Å²) < 4.78 is 19.2. The molecule has 0 saturated heterocycles. The molecule has 2 aromatic rings. The zero-order valence-electron chi connectivity index (χ0n) is 12.2. The number of phenols is 1. The van der Waals surface area contributed by atoms with E-state index in [0.717, 1.165) is 5.56 Å². The third-order valence-corrected chi connectivity index (χ3v) is 2.79. The van der Waals surface area contributed by atoms with Gasteiger partial charge in [-0.2, -0.15) is 0 Å². The highest BCUT2D eigenvalue weighted by Gasteiger charge is 2.20. The zero-order valence-corrected chi connectivity index (χ0v) is 12.2. The summed E-state index contributed by atoms with van der Waals surface area (Å²) in [6.45, 7) is 5.19. The van der Waals surface area contributed by atoms with Gasteiger partial charge in [-0.05, 0) is 56.2 Å². The van der Waals surface area contributed by atoms with Gasteiger partial charge in [0.1, 0.15) is 17.2 Å². The van der Waals surface area contributed by atoms with Crippen LogP contribution in [0.1, 0.15) is 31.1 Å². The Kier molecular flexibility index (Phi) is 3.98. The van der Waals surface area contributed by atoms with Crippen molar-refractivity contribution in [3.05, 3.63) is 53.8 Å². The molecule has 21 heavy (non-hydrogen) atoms. The molecule has 0 radical (unpaired) electrons. The van der Waals surface area contributed by atoms with Crippen LogP contribution in [0.5, 0.6) is 5.75 Å². The van der Waals surface area contributed by atoms with Gasteiger partial charge in [0.05, 0.1) is 5.56 Å². The molecule has 2 rings (SSSR count). The van der Waals surface area contributed by atoms with Crippen molar-refractivity contribution in [3.63, 3.8) is 0 Å². The lowest BCUT2D eigenvalue weighted by Crippen LogP contribution is -2.24. The van der Waals surface area contributed by atoms with Gasteiger partial charge >= 0.3 is 5.97 Å². The topological polar surface area (TPSA) is 46.5 Å². The summed E-state index contributed by atoms with van der Waals surface area (Å²) in [6, 6.07) is 10.7. The standard InChI is InChI=1S/C17H17FO3/c1-17(2,3)21-16(20)14-9-6-12(10-15(14)18)11-4-7-13(19)8-5-11/h4-10,19H,1-3H3. The maximum Gasteiger partial charge on any atom is 0.341 e. The van der Waals surface area contributed by atoms with Gasteiger partial charge in [-0.1, -0.05) is 18.2 Å². The van der Waals surface area contributed by atoms with Crippen molar-refractivity contribution in [1.82, 2.24) is 0 Å². The van der Waals surface area contributed by atoms with Crippen LogP contribution in [0, 0.1) is 5.82 Å². The molecule has 0 amide bonds. The first-order chi connectivity index (χ1) is 9.76. The molecular weight excluding hydrogens is 271 g/mol. The van der Waals surface area contributed by atoms with E-state index >= 15 is 0 Å². The van der Waals surface area contributed by atoms with E-state index in [4.69, 9.17) is 4.74 Å². The van der Waals surface area contributed by atoms with E-state index in [1.54, 1.807) is 39.0 Å². The first-order valence-corrected chi connectivity index (χ1v) is 6.58. The average Bonchev–Trinajstić information content (AvgIpc) is 2.37. The van der Waals surface area contributed by atoms with Crippen molar-refractivity contribution >= 4 is 5.97 Å². The summed E-state index contributed by atoms with van der Waals surface area (Å²) >= 11 is 0. The van der Waals surface area contributed by atoms with Gasteiger partial charge in [-0.15, -0.1) is 0 Å². The van der Waals surface area contributed by atoms with Crippen molar-refractivity contribution in [2.45, 2.75) is 26.4 Å². The maximum atomic E-state index is 14.1. The van der Waals surface area contributed by atoms with Crippen LogP contribution in [0.15, 0.2) is 42.5 Å². The summed E-state index contributed by atoms with van der Waals surface area (Å²) in [5, 5.41) is 9.25. The predicted molar refractivity (Wildman–Crippen MR) is 78.7 cm³/mol. The number of hydrogen-bond acceptors (Lipinski definition) is 3. The van der Waals surface area contributed by atoms with E-state index in [9.17, 15) is 14.3 Å². The second-order valence-electron chi connectivity index (χ2n) is 5.74. The number of carbonyl (C=O) groups excluding carboxylic acids is 1. The van der Waals surface area contributed by atoms with Gasteiger partial charge in [0.2, 0.25) is 0 Å². The smallest absolute Gasteiger partial charge is 0.341 e. The Morgan fingerprint density at radius 2 is 1.62 bits per heavy atom. The van der Waals surface area contributed by atoms with Crippen LogP contribution in [-0.2, 0) is 4.74 Å². The van der Waals surface area contributed by atoms with Crippen LogP contribution in [0.2, 0.25) is 0 Å². The molecule has 0 unspecified atom stereocenters. The largest absolute Gasteiger partial charge is 0.508 e. The van der Waals surface area contributed by atoms with Gasteiger partial charge in [-0.25, -0.2) is 9.18 Å². The van der Waals surface area contributed by atoms with Crippen LogP contribution in [0.25, 0.3) is 11.1 Å². The lowest BCUT2D eigenvalue weighted by Gasteiger charge is -2.19. The van der Waals surface area contributed by atoms with Crippen molar-refractivity contribution in [2.75, 3.05) is 0 Å². The Morgan fingerprint density at radius 3 is 2.14 bits per heavy atom. The Morgan fingerprint density at radius 1 is 1.05 bits per heavy atom. The van der Waals surface area contributed by atoms with E-state index in [1.165, 1.54) is 24.3 Å². The summed E-state index contributed by atoms with van der Waals surface area (Å²) in [7, 11) is 0. The minimum absolute atomic E-state index is 0.0903. The normalized spacial score (nSPS) is 11.2. The van der Waals surface area contributed by atoms with Crippen molar-refractivity contribution < 1.29 is 19.0 Å². The summed E-state index contributed by atoms with van der Waals surface area (Å²) in [5.74, 6) is -1.17. The highest BCUT2D eigenvalue weighted by Crippen LogP contribution is 2.24. The second kappa shape index (κ2) is 5.56. The Labute approximate surface area is 123 Å². The monoisotopic (exact) mass is 288 g/mol. The molecule has 4 heteroatoms. The fourth-order valence-electron chi connectivity index (χ4n) is 1.85. The van der Waals surface area contributed by atoms with Crippen LogP contribution >= 0.6 is 0 Å². The summed E-state index contributed by atoms with van der Waals surface area (Å²) in [5.41, 5.74) is 0.619. The molecule has 0 atom stereocenters. The average molecular weight is 288 g/mol. The number of hydrogen-bond donors (Lipinski definition) is 1. The highest BCUT2D eigenvalue weighted by atomic mass is 19.1. The number of halogens is 1. The number of carbonyl (C=O) groups is 1. The zero-order chi connectivity index (χ0) is 15.6. The molecule has 0 heterocycles. The molecule has 0 aliphatic heterocycles. The molecule has 1 N–H and O–H groups in total. The Hall–Kier alpha value is -2.36. The maximum absolute atomic E-state index is 14.1. The number of benzene rings is 2. The van der Waals surface area contributed by atoms with Crippen LogP contribution < -0.4 is 0 Å². The van der Waals surface area contributed by atoms with Gasteiger partial charge in [-0.3, -0.25) is 0 Å². The van der Waals surface area contributed by atoms with Crippen LogP contribution in [-0.4, -0.2) is 16.7 Å². The molecule has 110 valence electrons. The van der Waals surface area contributed by atoms with E-state index in [1.807, 2.05) is 0 Å². The minimum Gasteiger partial charge on any atom is -0.508 e. The van der Waals surface area contributed by atoms with Crippen molar-refractivity contribution in [3.8, 4) is 16.9 Å². The molecule has 0 aliphatic carbocycles. The van der Waals surface area contributed by atoms with Gasteiger partial charge in [0.15, 0.2) is 0 Å². The Bertz CT molecular complexity index is 655. The molecule has 0 bridgehead atoms. The van der Waals surface area contributed by atoms with Crippen LogP contribution in [0.3, 0.4) is 0 Å². The number of rotatable bonds is 2. The molecule has 2 aromatic carbocycles. The fourth-order valence-corrected chi connectivity index (χ4v) is 1.85. The molecule has 3 nitrogen and oxygen atoms in total. The third-order valence-electron chi connectivity index (χ3n) is 2.79. The lowest BCUT2D eigenvalue weighted by atomic mass is 10.0. The molecule has 0 fully saturated rings. The van der Waals surface area contributed by atoms with Gasteiger partial charge in [0.25, 0.3) is 0 Å². The third kappa shape index (κ3) is 3.81. The highest BCUT2D eigenvalue weighted by molar-refractivity contribution is 5.90. The molecular formula is C17H17FO3. The number of aromatic hydroxyl groups is 1. The van der Waals surface area contributed by atoms with Crippen molar-refractivity contribution in [2.24, 2.45) is 0 Å². The summed E-state index contributed by atoms with van der Waals surface area (Å²) in [4.78, 5) is 11.9. The molecule has 0 aliphatic rings. The lowest BCUT2D eigenvalue weighted by molar-refractivity contribution is 0.00648. The molecule has 0 saturated carbocycles. The van der Waals surface area contributed by atoms with Crippen molar-refractivity contribution in [1.29, 1.82) is 0 Å². The second-order valence-corrected chi connectivity index (χ2v) is 5.74. The van der Waals surface area contributed by atoms with Gasteiger partial charge in [0, 0.05) is 0 Å². The number of esters is 1. The molecule has 0 aromatic heterocycles. The first kappa shape index (κ1) is 15.0. The number of ether oxygens (including phenoxy) is 1. The van der Waals surface area contributed by atoms with E-state index in [-0.39, 0.29) is 11.3 Å². The SMILES string of the molecule is CC(C)(C)OC(=O)c1ccc(-c2ccc(O)cc2)cc1F.